The summed E-state index contributed by atoms with van der Waals surface area (Å²) in [7, 11) is 0. The Bertz CT molecular complexity index is 407. The Balaban J connectivity index is 2.76. The number of ether oxygens (including phenoxy) is 2. The second-order valence-electron chi connectivity index (χ2n) is 3.90. The number of esters is 1. The second kappa shape index (κ2) is 8.12. The van der Waals surface area contributed by atoms with E-state index in [1.807, 2.05) is 13.8 Å². The van der Waals surface area contributed by atoms with Crippen molar-refractivity contribution in [3.8, 4) is 0 Å². The van der Waals surface area contributed by atoms with Crippen LogP contribution in [-0.2, 0) is 9.47 Å². The number of thiazole rings is 1. The Morgan fingerprint density at radius 1 is 1.32 bits per heavy atom. The first-order valence-electron chi connectivity index (χ1n) is 6.61. The molecule has 0 radical (unpaired) electrons. The fourth-order valence-corrected chi connectivity index (χ4v) is 2.60. The van der Waals surface area contributed by atoms with Crippen molar-refractivity contribution in [3.05, 3.63) is 10.6 Å². The third-order valence-corrected chi connectivity index (χ3v) is 3.65. The molecule has 0 amide bonds. The number of anilines is 1. The number of hydrogen-bond acceptors (Lipinski definition) is 6. The van der Waals surface area contributed by atoms with E-state index in [1.165, 1.54) is 11.3 Å². The van der Waals surface area contributed by atoms with Gasteiger partial charge >= 0.3 is 5.97 Å². The van der Waals surface area contributed by atoms with Crippen LogP contribution in [0.5, 0.6) is 0 Å². The standard InChI is InChI=1S/C13H22N2O3S/c1-5-15(8-9-17-6-2)13-14-11(10(4)19-13)12(16)18-7-3/h5-9H2,1-4H3. The number of likely N-dealkylation sites (N-methyl/N-ethyl adjacent to an activating group) is 1. The summed E-state index contributed by atoms with van der Waals surface area (Å²) in [6.45, 7) is 11.1. The van der Waals surface area contributed by atoms with Gasteiger partial charge in [0.05, 0.1) is 13.2 Å². The topological polar surface area (TPSA) is 51.7 Å². The van der Waals surface area contributed by atoms with Crippen LogP contribution in [0.4, 0.5) is 5.13 Å². The van der Waals surface area contributed by atoms with Crippen LogP contribution in [-0.4, -0.2) is 43.9 Å². The minimum absolute atomic E-state index is 0.344. The summed E-state index contributed by atoms with van der Waals surface area (Å²) in [5.74, 6) is -0.344. The average Bonchev–Trinajstić information content (AvgIpc) is 2.77. The van der Waals surface area contributed by atoms with Gasteiger partial charge in [0.15, 0.2) is 10.8 Å². The zero-order valence-electron chi connectivity index (χ0n) is 12.1. The second-order valence-corrected chi connectivity index (χ2v) is 5.08. The van der Waals surface area contributed by atoms with Gasteiger partial charge in [0.25, 0.3) is 0 Å². The smallest absolute Gasteiger partial charge is 0.358 e. The molecule has 19 heavy (non-hydrogen) atoms. The van der Waals surface area contributed by atoms with Crippen LogP contribution in [0, 0.1) is 6.92 Å². The van der Waals surface area contributed by atoms with Crippen molar-refractivity contribution in [2.45, 2.75) is 27.7 Å². The third kappa shape index (κ3) is 4.47. The first-order chi connectivity index (χ1) is 9.13. The third-order valence-electron chi connectivity index (χ3n) is 2.62. The molecule has 0 aromatic carbocycles. The lowest BCUT2D eigenvalue weighted by molar-refractivity contribution is 0.0519. The molecule has 6 heteroatoms. The lowest BCUT2D eigenvalue weighted by Crippen LogP contribution is -2.27. The van der Waals surface area contributed by atoms with Crippen molar-refractivity contribution >= 4 is 22.4 Å². The van der Waals surface area contributed by atoms with Crippen LogP contribution < -0.4 is 4.90 Å². The molecule has 1 aromatic rings. The van der Waals surface area contributed by atoms with Crippen molar-refractivity contribution in [2.24, 2.45) is 0 Å². The summed E-state index contributed by atoms with van der Waals surface area (Å²) in [5.41, 5.74) is 0.428. The van der Waals surface area contributed by atoms with Gasteiger partial charge in [-0.05, 0) is 27.7 Å². The summed E-state index contributed by atoms with van der Waals surface area (Å²) in [6, 6.07) is 0. The molecule has 1 rings (SSSR count). The Kier molecular flexibility index (Phi) is 6.80. The molecular formula is C13H22N2O3S. The van der Waals surface area contributed by atoms with Gasteiger partial charge < -0.3 is 14.4 Å². The van der Waals surface area contributed by atoms with Gasteiger partial charge in [0.1, 0.15) is 0 Å². The Hall–Kier alpha value is -1.14. The Labute approximate surface area is 118 Å². The summed E-state index contributed by atoms with van der Waals surface area (Å²) >= 11 is 1.52. The van der Waals surface area contributed by atoms with Gasteiger partial charge in [-0.15, -0.1) is 11.3 Å². The molecule has 5 nitrogen and oxygen atoms in total. The largest absolute Gasteiger partial charge is 0.461 e. The molecule has 0 aliphatic heterocycles. The van der Waals surface area contributed by atoms with E-state index in [0.717, 1.165) is 23.1 Å². The van der Waals surface area contributed by atoms with Crippen LogP contribution in [0.3, 0.4) is 0 Å². The number of aromatic nitrogens is 1. The van der Waals surface area contributed by atoms with E-state index < -0.39 is 0 Å². The number of hydrogen-bond donors (Lipinski definition) is 0. The molecule has 1 heterocycles. The molecule has 1 aromatic heterocycles. The van der Waals surface area contributed by atoms with Crippen molar-refractivity contribution in [1.82, 2.24) is 4.98 Å². The van der Waals surface area contributed by atoms with Gasteiger partial charge in [0, 0.05) is 24.6 Å². The molecule has 0 bridgehead atoms. The molecule has 0 spiro atoms. The maximum Gasteiger partial charge on any atom is 0.358 e. The van der Waals surface area contributed by atoms with E-state index in [4.69, 9.17) is 9.47 Å². The molecular weight excluding hydrogens is 264 g/mol. The van der Waals surface area contributed by atoms with Crippen molar-refractivity contribution < 1.29 is 14.3 Å². The first-order valence-corrected chi connectivity index (χ1v) is 7.42. The zero-order chi connectivity index (χ0) is 14.3. The maximum atomic E-state index is 11.7. The van der Waals surface area contributed by atoms with E-state index in [1.54, 1.807) is 6.92 Å². The summed E-state index contributed by atoms with van der Waals surface area (Å²) in [4.78, 5) is 19.1. The number of carbonyl (C=O) groups is 1. The van der Waals surface area contributed by atoms with E-state index in [0.29, 0.717) is 25.5 Å². The maximum absolute atomic E-state index is 11.7. The highest BCUT2D eigenvalue weighted by molar-refractivity contribution is 7.15. The molecule has 0 saturated carbocycles. The van der Waals surface area contributed by atoms with Crippen LogP contribution in [0.15, 0.2) is 0 Å². The fraction of sp³-hybridized carbons (Fsp3) is 0.692. The quantitative estimate of drug-likeness (QED) is 0.543. The monoisotopic (exact) mass is 286 g/mol. The number of rotatable bonds is 8. The Morgan fingerprint density at radius 2 is 2.05 bits per heavy atom. The Morgan fingerprint density at radius 3 is 2.63 bits per heavy atom. The van der Waals surface area contributed by atoms with E-state index in [9.17, 15) is 4.79 Å². The van der Waals surface area contributed by atoms with Crippen molar-refractivity contribution in [2.75, 3.05) is 37.8 Å². The first kappa shape index (κ1) is 15.9. The van der Waals surface area contributed by atoms with Gasteiger partial charge in [-0.2, -0.15) is 0 Å². The van der Waals surface area contributed by atoms with Crippen LogP contribution >= 0.6 is 11.3 Å². The van der Waals surface area contributed by atoms with Gasteiger partial charge in [-0.1, -0.05) is 0 Å². The fourth-order valence-electron chi connectivity index (χ4n) is 1.61. The molecule has 0 saturated heterocycles. The molecule has 0 N–H and O–H groups in total. The van der Waals surface area contributed by atoms with Crippen LogP contribution in [0.1, 0.15) is 36.1 Å². The minimum atomic E-state index is -0.344. The van der Waals surface area contributed by atoms with Gasteiger partial charge in [-0.25, -0.2) is 9.78 Å². The highest BCUT2D eigenvalue weighted by Gasteiger charge is 2.19. The predicted octanol–water partition coefficient (Wildman–Crippen LogP) is 2.49. The van der Waals surface area contributed by atoms with E-state index in [-0.39, 0.29) is 5.97 Å². The van der Waals surface area contributed by atoms with E-state index >= 15 is 0 Å². The number of carbonyl (C=O) groups excluding carboxylic acids is 1. The number of aryl methyl sites for hydroxylation is 1. The predicted molar refractivity (Wildman–Crippen MR) is 77.2 cm³/mol. The van der Waals surface area contributed by atoms with Crippen LogP contribution in [0.25, 0.3) is 0 Å². The molecule has 0 aliphatic rings. The van der Waals surface area contributed by atoms with Gasteiger partial charge in [-0.3, -0.25) is 0 Å². The van der Waals surface area contributed by atoms with E-state index in [2.05, 4.69) is 16.8 Å². The average molecular weight is 286 g/mol. The highest BCUT2D eigenvalue weighted by atomic mass is 32.1. The SMILES string of the molecule is CCOCCN(CC)c1nc(C(=O)OCC)c(C)s1. The minimum Gasteiger partial charge on any atom is -0.461 e. The van der Waals surface area contributed by atoms with Crippen molar-refractivity contribution in [3.63, 3.8) is 0 Å². The number of nitrogens with zero attached hydrogens (tertiary/aromatic N) is 2. The molecule has 0 fully saturated rings. The molecule has 0 atom stereocenters. The molecule has 108 valence electrons. The summed E-state index contributed by atoms with van der Waals surface area (Å²) in [6.07, 6.45) is 0. The normalized spacial score (nSPS) is 10.5. The van der Waals surface area contributed by atoms with Crippen LogP contribution in [0.2, 0.25) is 0 Å². The molecule has 0 unspecified atom stereocenters. The lowest BCUT2D eigenvalue weighted by Gasteiger charge is -2.19. The van der Waals surface area contributed by atoms with Gasteiger partial charge in [0.2, 0.25) is 0 Å². The highest BCUT2D eigenvalue weighted by Crippen LogP contribution is 2.26. The lowest BCUT2D eigenvalue weighted by atomic mass is 10.4. The summed E-state index contributed by atoms with van der Waals surface area (Å²) < 4.78 is 10.3. The van der Waals surface area contributed by atoms with Crippen molar-refractivity contribution in [1.29, 1.82) is 0 Å². The molecule has 0 aliphatic carbocycles. The zero-order valence-corrected chi connectivity index (χ0v) is 12.9. The summed E-state index contributed by atoms with van der Waals surface area (Å²) in [5, 5.41) is 0.850.